The van der Waals surface area contributed by atoms with Crippen LogP contribution < -0.4 is 19.9 Å². The number of nitrogens with one attached hydrogen (secondary N) is 1. The van der Waals surface area contributed by atoms with Gasteiger partial charge in [0, 0.05) is 17.5 Å². The van der Waals surface area contributed by atoms with Crippen LogP contribution in [0.15, 0.2) is 34.5 Å². The Balaban J connectivity index is 1.89. The molecule has 0 amide bonds. The number of benzene rings is 1. The first-order valence-corrected chi connectivity index (χ1v) is 8.65. The number of ether oxygens (including phenoxy) is 2. The van der Waals surface area contributed by atoms with Crippen molar-refractivity contribution >= 4 is 27.0 Å². The maximum Gasteiger partial charge on any atom is 0.263 e. The van der Waals surface area contributed by atoms with E-state index in [9.17, 15) is 8.42 Å². The highest BCUT2D eigenvalue weighted by Crippen LogP contribution is 2.33. The molecule has 0 spiro atoms. The van der Waals surface area contributed by atoms with Gasteiger partial charge in [-0.15, -0.1) is 11.3 Å². The molecule has 1 aliphatic rings. The lowest BCUT2D eigenvalue weighted by molar-refractivity contribution is 0.171. The van der Waals surface area contributed by atoms with E-state index in [0.717, 1.165) is 0 Å². The highest BCUT2D eigenvalue weighted by atomic mass is 32.2. The molecule has 0 atom stereocenters. The SMILES string of the molecule is NCc1sccc1S(=O)(=O)Nc1ccc2c(c1)OCCO2. The maximum absolute atomic E-state index is 12.4. The fraction of sp³-hybridized carbons (Fsp3) is 0.231. The molecule has 3 N–H and O–H groups in total. The Morgan fingerprint density at radius 1 is 1.19 bits per heavy atom. The second-order valence-corrected chi connectivity index (χ2v) is 7.03. The molecule has 2 heterocycles. The third-order valence-corrected chi connectivity index (χ3v) is 5.51. The van der Waals surface area contributed by atoms with Gasteiger partial charge in [0.15, 0.2) is 11.5 Å². The van der Waals surface area contributed by atoms with E-state index in [0.29, 0.717) is 35.3 Å². The molecule has 0 bridgehead atoms. The summed E-state index contributed by atoms with van der Waals surface area (Å²) in [7, 11) is -3.66. The van der Waals surface area contributed by atoms with Crippen LogP contribution in [0.2, 0.25) is 0 Å². The van der Waals surface area contributed by atoms with Crippen LogP contribution >= 0.6 is 11.3 Å². The summed E-state index contributed by atoms with van der Waals surface area (Å²) in [5.74, 6) is 1.15. The van der Waals surface area contributed by atoms with Gasteiger partial charge in [0.2, 0.25) is 0 Å². The molecule has 0 aliphatic carbocycles. The summed E-state index contributed by atoms with van der Waals surface area (Å²) < 4.78 is 38.1. The standard InChI is InChI=1S/C13H14N2O4S2/c14-8-12-13(3-6-20-12)21(16,17)15-9-1-2-10-11(7-9)19-5-4-18-10/h1-3,6-7,15H,4-5,8,14H2. The van der Waals surface area contributed by atoms with E-state index in [-0.39, 0.29) is 11.4 Å². The van der Waals surface area contributed by atoms with Crippen molar-refractivity contribution in [2.75, 3.05) is 17.9 Å². The van der Waals surface area contributed by atoms with Gasteiger partial charge in [-0.1, -0.05) is 0 Å². The minimum atomic E-state index is -3.66. The van der Waals surface area contributed by atoms with Gasteiger partial charge in [0.05, 0.1) is 5.69 Å². The Kier molecular flexibility index (Phi) is 3.75. The first-order valence-electron chi connectivity index (χ1n) is 6.29. The normalized spacial score (nSPS) is 14.0. The van der Waals surface area contributed by atoms with Gasteiger partial charge in [0.25, 0.3) is 10.0 Å². The zero-order chi connectivity index (χ0) is 14.9. The van der Waals surface area contributed by atoms with Gasteiger partial charge in [0.1, 0.15) is 18.1 Å². The van der Waals surface area contributed by atoms with E-state index < -0.39 is 10.0 Å². The summed E-state index contributed by atoms with van der Waals surface area (Å²) in [6.07, 6.45) is 0. The Morgan fingerprint density at radius 3 is 2.71 bits per heavy atom. The fourth-order valence-corrected chi connectivity index (χ4v) is 4.42. The van der Waals surface area contributed by atoms with Crippen LogP contribution in [-0.4, -0.2) is 21.6 Å². The lowest BCUT2D eigenvalue weighted by atomic mass is 10.3. The zero-order valence-corrected chi connectivity index (χ0v) is 12.7. The Hall–Kier alpha value is -1.77. The fourth-order valence-electron chi connectivity index (χ4n) is 2.03. The second kappa shape index (κ2) is 5.55. The van der Waals surface area contributed by atoms with E-state index in [4.69, 9.17) is 15.2 Å². The molecule has 0 saturated heterocycles. The molecule has 6 nitrogen and oxygen atoms in total. The average molecular weight is 326 g/mol. The number of rotatable bonds is 4. The van der Waals surface area contributed by atoms with Crippen molar-refractivity contribution < 1.29 is 17.9 Å². The summed E-state index contributed by atoms with van der Waals surface area (Å²) in [5, 5.41) is 1.71. The summed E-state index contributed by atoms with van der Waals surface area (Å²) in [6, 6.07) is 6.48. The molecule has 112 valence electrons. The number of sulfonamides is 1. The minimum Gasteiger partial charge on any atom is -0.486 e. The van der Waals surface area contributed by atoms with Gasteiger partial charge in [-0.3, -0.25) is 4.72 Å². The van der Waals surface area contributed by atoms with E-state index in [1.165, 1.54) is 11.3 Å². The van der Waals surface area contributed by atoms with Crippen LogP contribution in [-0.2, 0) is 16.6 Å². The van der Waals surface area contributed by atoms with Crippen LogP contribution in [0.5, 0.6) is 11.5 Å². The van der Waals surface area contributed by atoms with Gasteiger partial charge < -0.3 is 15.2 Å². The molecule has 21 heavy (non-hydrogen) atoms. The molecule has 0 unspecified atom stereocenters. The lowest BCUT2D eigenvalue weighted by Gasteiger charge is -2.19. The van der Waals surface area contributed by atoms with E-state index in [2.05, 4.69) is 4.72 Å². The van der Waals surface area contributed by atoms with Crippen molar-refractivity contribution in [3.05, 3.63) is 34.5 Å². The summed E-state index contributed by atoms with van der Waals surface area (Å²) in [5.41, 5.74) is 5.98. The minimum absolute atomic E-state index is 0.190. The molecule has 0 fully saturated rings. The number of hydrogen-bond donors (Lipinski definition) is 2. The Bertz CT molecular complexity index is 755. The highest BCUT2D eigenvalue weighted by molar-refractivity contribution is 7.93. The molecule has 0 radical (unpaired) electrons. The topological polar surface area (TPSA) is 90.7 Å². The lowest BCUT2D eigenvalue weighted by Crippen LogP contribution is -2.17. The van der Waals surface area contributed by atoms with E-state index in [1.54, 1.807) is 29.6 Å². The van der Waals surface area contributed by atoms with Gasteiger partial charge in [-0.2, -0.15) is 0 Å². The molecule has 1 aliphatic heterocycles. The Labute approximate surface area is 126 Å². The average Bonchev–Trinajstić information content (AvgIpc) is 2.96. The largest absolute Gasteiger partial charge is 0.486 e. The van der Waals surface area contributed by atoms with E-state index in [1.807, 2.05) is 0 Å². The van der Waals surface area contributed by atoms with Crippen molar-refractivity contribution in [1.82, 2.24) is 0 Å². The van der Waals surface area contributed by atoms with Crippen molar-refractivity contribution in [1.29, 1.82) is 0 Å². The highest BCUT2D eigenvalue weighted by Gasteiger charge is 2.20. The summed E-state index contributed by atoms with van der Waals surface area (Å²) >= 11 is 1.32. The first-order chi connectivity index (χ1) is 10.1. The smallest absolute Gasteiger partial charge is 0.263 e. The van der Waals surface area contributed by atoms with Crippen LogP contribution in [0.4, 0.5) is 5.69 Å². The second-order valence-electron chi connectivity index (χ2n) is 4.38. The molecular weight excluding hydrogens is 312 g/mol. The molecule has 8 heteroatoms. The van der Waals surface area contributed by atoms with Gasteiger partial charge in [-0.05, 0) is 23.6 Å². The maximum atomic E-state index is 12.4. The zero-order valence-electron chi connectivity index (χ0n) is 11.0. The molecule has 3 rings (SSSR count). The Morgan fingerprint density at radius 2 is 1.95 bits per heavy atom. The number of anilines is 1. The third kappa shape index (κ3) is 2.82. The van der Waals surface area contributed by atoms with Crippen LogP contribution in [0.1, 0.15) is 4.88 Å². The van der Waals surface area contributed by atoms with Crippen molar-refractivity contribution in [2.24, 2.45) is 5.73 Å². The predicted octanol–water partition coefficient (Wildman–Crippen LogP) is 1.78. The quantitative estimate of drug-likeness (QED) is 0.894. The first kappa shape index (κ1) is 14.2. The van der Waals surface area contributed by atoms with Crippen LogP contribution in [0.25, 0.3) is 0 Å². The van der Waals surface area contributed by atoms with Crippen LogP contribution in [0, 0.1) is 0 Å². The predicted molar refractivity (Wildman–Crippen MR) is 80.5 cm³/mol. The number of fused-ring (bicyclic) bond motifs is 1. The molecule has 1 aromatic heterocycles. The third-order valence-electron chi connectivity index (χ3n) is 2.97. The van der Waals surface area contributed by atoms with Crippen molar-refractivity contribution in [3.63, 3.8) is 0 Å². The molecule has 0 saturated carbocycles. The van der Waals surface area contributed by atoms with Crippen molar-refractivity contribution in [2.45, 2.75) is 11.4 Å². The molecule has 1 aromatic carbocycles. The van der Waals surface area contributed by atoms with E-state index >= 15 is 0 Å². The van der Waals surface area contributed by atoms with Crippen molar-refractivity contribution in [3.8, 4) is 11.5 Å². The number of thiophene rings is 1. The number of nitrogens with two attached hydrogens (primary N) is 1. The summed E-state index contributed by atoms with van der Waals surface area (Å²) in [4.78, 5) is 0.838. The number of hydrogen-bond acceptors (Lipinski definition) is 6. The van der Waals surface area contributed by atoms with Crippen LogP contribution in [0.3, 0.4) is 0 Å². The monoisotopic (exact) mass is 326 g/mol. The molecule has 2 aromatic rings. The van der Waals surface area contributed by atoms with Gasteiger partial charge in [-0.25, -0.2) is 8.42 Å². The molecular formula is C13H14N2O4S2. The van der Waals surface area contributed by atoms with Gasteiger partial charge >= 0.3 is 0 Å². The summed E-state index contributed by atoms with van der Waals surface area (Å²) in [6.45, 7) is 1.13.